The van der Waals surface area contributed by atoms with Gasteiger partial charge in [0.2, 0.25) is 0 Å². The Balaban J connectivity index is 1.80. The molecule has 140 valence electrons. The summed E-state index contributed by atoms with van der Waals surface area (Å²) in [5, 5.41) is 0. The number of hydrogen-bond donors (Lipinski definition) is 1. The minimum absolute atomic E-state index is 0.123. The molecule has 0 saturated heterocycles. The zero-order chi connectivity index (χ0) is 18.9. The van der Waals surface area contributed by atoms with E-state index in [0.717, 1.165) is 5.69 Å². The molecule has 0 spiro atoms. The lowest BCUT2D eigenvalue weighted by Crippen LogP contribution is -2.36. The second-order valence-corrected chi connectivity index (χ2v) is 6.65. The van der Waals surface area contributed by atoms with Gasteiger partial charge in [0.25, 0.3) is 5.56 Å². The first-order valence-electron chi connectivity index (χ1n) is 8.41. The van der Waals surface area contributed by atoms with E-state index in [1.165, 1.54) is 12.1 Å². The van der Waals surface area contributed by atoms with E-state index in [-0.39, 0.29) is 23.8 Å². The first-order chi connectivity index (χ1) is 12.2. The molecule has 0 aliphatic carbocycles. The maximum absolute atomic E-state index is 12.6. The number of benzene rings is 1. The summed E-state index contributed by atoms with van der Waals surface area (Å²) in [6, 6.07) is 6.06. The third-order valence-electron chi connectivity index (χ3n) is 4.31. The fraction of sp³-hybridized carbons (Fsp3) is 0.444. The van der Waals surface area contributed by atoms with Gasteiger partial charge in [0.1, 0.15) is 11.6 Å². The topological polar surface area (TPSA) is 58.2 Å². The number of ether oxygens (including phenoxy) is 1. The average molecular weight is 367 g/mol. The maximum atomic E-state index is 12.6. The molecule has 1 aliphatic heterocycles. The number of rotatable bonds is 4. The van der Waals surface area contributed by atoms with Crippen LogP contribution in [0.5, 0.6) is 5.75 Å². The smallest absolute Gasteiger partial charge is 0.405 e. The summed E-state index contributed by atoms with van der Waals surface area (Å²) < 4.78 is 41.8. The quantitative estimate of drug-likeness (QED) is 0.900. The van der Waals surface area contributed by atoms with Gasteiger partial charge in [-0.25, -0.2) is 4.98 Å². The van der Waals surface area contributed by atoms with E-state index in [0.29, 0.717) is 36.5 Å². The number of alkyl halides is 3. The molecule has 0 unspecified atom stereocenters. The van der Waals surface area contributed by atoms with E-state index in [9.17, 15) is 18.0 Å². The summed E-state index contributed by atoms with van der Waals surface area (Å²) in [6.45, 7) is 5.13. The van der Waals surface area contributed by atoms with Gasteiger partial charge in [0.15, 0.2) is 0 Å². The van der Waals surface area contributed by atoms with Gasteiger partial charge in [-0.1, -0.05) is 32.0 Å². The van der Waals surface area contributed by atoms with Gasteiger partial charge in [-0.2, -0.15) is 0 Å². The maximum Gasteiger partial charge on any atom is 0.573 e. The van der Waals surface area contributed by atoms with E-state index < -0.39 is 6.36 Å². The number of hydrogen-bond acceptors (Lipinski definition) is 4. The first-order valence-corrected chi connectivity index (χ1v) is 8.41. The largest absolute Gasteiger partial charge is 0.573 e. The van der Waals surface area contributed by atoms with Crippen LogP contribution in [0.4, 0.5) is 13.2 Å². The third-order valence-corrected chi connectivity index (χ3v) is 4.31. The van der Waals surface area contributed by atoms with Crippen LogP contribution in [0.15, 0.2) is 29.1 Å². The van der Waals surface area contributed by atoms with Crippen LogP contribution < -0.4 is 10.3 Å². The van der Waals surface area contributed by atoms with E-state index in [1.54, 1.807) is 12.1 Å². The van der Waals surface area contributed by atoms with Gasteiger partial charge in [-0.15, -0.1) is 13.2 Å². The number of nitrogens with zero attached hydrogens (tertiary/aromatic N) is 2. The van der Waals surface area contributed by atoms with Crippen molar-refractivity contribution >= 4 is 0 Å². The molecule has 0 fully saturated rings. The zero-order valence-electron chi connectivity index (χ0n) is 14.6. The van der Waals surface area contributed by atoms with Crippen molar-refractivity contribution in [1.82, 2.24) is 14.9 Å². The van der Waals surface area contributed by atoms with Gasteiger partial charge < -0.3 is 9.72 Å². The number of halogens is 3. The van der Waals surface area contributed by atoms with E-state index >= 15 is 0 Å². The Labute approximate surface area is 148 Å². The van der Waals surface area contributed by atoms with Crippen LogP contribution in [-0.2, 0) is 19.5 Å². The summed E-state index contributed by atoms with van der Waals surface area (Å²) in [5.74, 6) is 0.566. The Kier molecular flexibility index (Phi) is 5.04. The summed E-state index contributed by atoms with van der Waals surface area (Å²) in [5.41, 5.74) is 1.60. The average Bonchev–Trinajstić information content (AvgIpc) is 2.55. The van der Waals surface area contributed by atoms with Crippen molar-refractivity contribution in [3.05, 3.63) is 57.3 Å². The van der Waals surface area contributed by atoms with Crippen molar-refractivity contribution in [2.24, 2.45) is 0 Å². The molecule has 0 amide bonds. The number of aromatic nitrogens is 2. The summed E-state index contributed by atoms with van der Waals surface area (Å²) >= 11 is 0. The predicted molar refractivity (Wildman–Crippen MR) is 89.9 cm³/mol. The third kappa shape index (κ3) is 4.24. The fourth-order valence-corrected chi connectivity index (χ4v) is 3.01. The molecule has 8 heteroatoms. The molecule has 0 radical (unpaired) electrons. The van der Waals surface area contributed by atoms with Crippen molar-refractivity contribution in [2.75, 3.05) is 6.54 Å². The number of nitrogens with one attached hydrogen (secondary N) is 1. The van der Waals surface area contributed by atoms with Crippen molar-refractivity contribution in [1.29, 1.82) is 0 Å². The van der Waals surface area contributed by atoms with E-state index in [1.807, 2.05) is 18.7 Å². The molecule has 0 atom stereocenters. The van der Waals surface area contributed by atoms with Crippen LogP contribution in [0.3, 0.4) is 0 Å². The minimum Gasteiger partial charge on any atom is -0.405 e. The lowest BCUT2D eigenvalue weighted by Gasteiger charge is -2.28. The summed E-state index contributed by atoms with van der Waals surface area (Å²) in [6.07, 6.45) is -4.15. The van der Waals surface area contributed by atoms with Crippen LogP contribution in [0.1, 0.15) is 42.4 Å². The highest BCUT2D eigenvalue weighted by Gasteiger charge is 2.32. The second-order valence-electron chi connectivity index (χ2n) is 6.65. The van der Waals surface area contributed by atoms with Crippen molar-refractivity contribution in [3.8, 4) is 5.75 Å². The number of aromatic amines is 1. The number of para-hydroxylation sites is 1. The molecule has 0 bridgehead atoms. The van der Waals surface area contributed by atoms with Gasteiger partial charge in [0, 0.05) is 37.5 Å². The first kappa shape index (κ1) is 18.4. The van der Waals surface area contributed by atoms with Gasteiger partial charge >= 0.3 is 6.36 Å². The molecule has 3 rings (SSSR count). The predicted octanol–water partition coefficient (Wildman–Crippen LogP) is 3.35. The van der Waals surface area contributed by atoms with Gasteiger partial charge in [0.05, 0.1) is 11.3 Å². The van der Waals surface area contributed by atoms with Crippen molar-refractivity contribution in [2.45, 2.75) is 45.6 Å². The van der Waals surface area contributed by atoms with Crippen LogP contribution in [0, 0.1) is 0 Å². The van der Waals surface area contributed by atoms with Gasteiger partial charge in [-0.05, 0) is 6.07 Å². The Morgan fingerprint density at radius 1 is 1.31 bits per heavy atom. The van der Waals surface area contributed by atoms with Crippen LogP contribution in [0.25, 0.3) is 0 Å². The van der Waals surface area contributed by atoms with Gasteiger partial charge in [-0.3, -0.25) is 9.69 Å². The lowest BCUT2D eigenvalue weighted by molar-refractivity contribution is -0.275. The minimum atomic E-state index is -4.74. The highest BCUT2D eigenvalue weighted by Crippen LogP contribution is 2.28. The Hall–Kier alpha value is -2.35. The molecule has 1 aliphatic rings. The molecule has 26 heavy (non-hydrogen) atoms. The number of H-pyrrole nitrogens is 1. The second kappa shape index (κ2) is 7.11. The van der Waals surface area contributed by atoms with Crippen LogP contribution in [-0.4, -0.2) is 27.8 Å². The summed E-state index contributed by atoms with van der Waals surface area (Å²) in [4.78, 5) is 21.6. The Bertz CT molecular complexity index is 846. The molecule has 0 saturated carbocycles. The van der Waals surface area contributed by atoms with Crippen molar-refractivity contribution in [3.63, 3.8) is 0 Å². The van der Waals surface area contributed by atoms with E-state index in [4.69, 9.17) is 0 Å². The normalized spacial score (nSPS) is 15.2. The zero-order valence-corrected chi connectivity index (χ0v) is 14.6. The molecule has 1 N–H and O–H groups in total. The highest BCUT2D eigenvalue weighted by atomic mass is 19.4. The molecule has 2 heterocycles. The Morgan fingerprint density at radius 2 is 2.04 bits per heavy atom. The Morgan fingerprint density at radius 3 is 2.73 bits per heavy atom. The molecule has 1 aromatic heterocycles. The molecule has 2 aromatic rings. The van der Waals surface area contributed by atoms with Crippen LogP contribution >= 0.6 is 0 Å². The number of fused-ring (bicyclic) bond motifs is 1. The standard InChI is InChI=1S/C18H20F3N3O2/c1-11(2)16-22-14-7-8-24(10-13(14)17(25)23-16)9-12-5-3-4-6-15(12)26-18(19,20)21/h3-6,11H,7-10H2,1-2H3,(H,22,23,25). The van der Waals surface area contributed by atoms with Crippen LogP contribution in [0.2, 0.25) is 0 Å². The van der Waals surface area contributed by atoms with E-state index in [2.05, 4.69) is 14.7 Å². The molecular weight excluding hydrogens is 347 g/mol. The molecular formula is C18H20F3N3O2. The molecule has 5 nitrogen and oxygen atoms in total. The summed E-state index contributed by atoms with van der Waals surface area (Å²) in [7, 11) is 0. The lowest BCUT2D eigenvalue weighted by atomic mass is 10.0. The molecule has 1 aromatic carbocycles. The fourth-order valence-electron chi connectivity index (χ4n) is 3.01. The SMILES string of the molecule is CC(C)c1nc2c(c(=O)[nH]1)CN(Cc1ccccc1OC(F)(F)F)CC2. The highest BCUT2D eigenvalue weighted by molar-refractivity contribution is 5.34. The van der Waals surface area contributed by atoms with Crippen molar-refractivity contribution < 1.29 is 17.9 Å². The monoisotopic (exact) mass is 367 g/mol.